The topological polar surface area (TPSA) is 50.2 Å². The monoisotopic (exact) mass is 314 g/mol. The van der Waals surface area contributed by atoms with Gasteiger partial charge in [0.05, 0.1) is 17.8 Å². The van der Waals surface area contributed by atoms with Gasteiger partial charge in [-0.05, 0) is 37.9 Å². The number of nitrogens with zero attached hydrogens (tertiary/aromatic N) is 3. The average Bonchev–Trinajstić information content (AvgIpc) is 2.91. The van der Waals surface area contributed by atoms with Gasteiger partial charge in [-0.2, -0.15) is 5.10 Å². The fourth-order valence-corrected chi connectivity index (χ4v) is 3.44. The number of hydrogen-bond donors (Lipinski definition) is 1. The molecule has 1 aliphatic heterocycles. The molecule has 124 valence electrons. The summed E-state index contributed by atoms with van der Waals surface area (Å²) in [6.45, 7) is 5.52. The molecule has 0 aliphatic carbocycles. The molecule has 2 aromatic rings. The van der Waals surface area contributed by atoms with E-state index < -0.39 is 0 Å². The Labute approximate surface area is 137 Å². The van der Waals surface area contributed by atoms with Gasteiger partial charge in [0.1, 0.15) is 0 Å². The number of fused-ring (bicyclic) bond motifs is 1. The van der Waals surface area contributed by atoms with Gasteiger partial charge >= 0.3 is 0 Å². The van der Waals surface area contributed by atoms with Crippen molar-refractivity contribution in [1.82, 2.24) is 20.0 Å². The number of hydrogen-bond acceptors (Lipinski definition) is 3. The van der Waals surface area contributed by atoms with Crippen LogP contribution in [0.1, 0.15) is 31.9 Å². The summed E-state index contributed by atoms with van der Waals surface area (Å²) < 4.78 is 1.91. The van der Waals surface area contributed by atoms with E-state index in [-0.39, 0.29) is 5.91 Å². The van der Waals surface area contributed by atoms with E-state index in [1.54, 1.807) is 0 Å². The first-order valence-corrected chi connectivity index (χ1v) is 8.58. The largest absolute Gasteiger partial charge is 0.336 e. The minimum atomic E-state index is 0.221. The van der Waals surface area contributed by atoms with E-state index in [0.29, 0.717) is 18.9 Å². The molecule has 0 bridgehead atoms. The molecule has 0 saturated carbocycles. The number of amides is 1. The lowest BCUT2D eigenvalue weighted by Crippen LogP contribution is -2.38. The molecule has 0 atom stereocenters. The summed E-state index contributed by atoms with van der Waals surface area (Å²) in [5.41, 5.74) is 2.12. The van der Waals surface area contributed by atoms with Crippen molar-refractivity contribution in [3.8, 4) is 0 Å². The second-order valence-electron chi connectivity index (χ2n) is 6.41. The van der Waals surface area contributed by atoms with Gasteiger partial charge in [0.25, 0.3) is 0 Å². The van der Waals surface area contributed by atoms with Crippen LogP contribution in [0.15, 0.2) is 24.3 Å². The molecule has 1 aromatic carbocycles. The number of aromatic nitrogens is 2. The summed E-state index contributed by atoms with van der Waals surface area (Å²) in [5, 5.41) is 9.19. The first-order chi connectivity index (χ1) is 11.2. The van der Waals surface area contributed by atoms with Gasteiger partial charge in [-0.15, -0.1) is 0 Å². The van der Waals surface area contributed by atoms with E-state index >= 15 is 0 Å². The zero-order valence-electron chi connectivity index (χ0n) is 14.1. The van der Waals surface area contributed by atoms with E-state index in [0.717, 1.165) is 49.1 Å². The fourth-order valence-electron chi connectivity index (χ4n) is 3.44. The molecule has 2 heterocycles. The zero-order valence-corrected chi connectivity index (χ0v) is 14.1. The Morgan fingerprint density at radius 1 is 1.35 bits per heavy atom. The molecule has 5 heteroatoms. The van der Waals surface area contributed by atoms with Crippen LogP contribution in [-0.2, 0) is 18.4 Å². The third kappa shape index (κ3) is 3.55. The Bertz CT molecular complexity index is 673. The number of carbonyl (C=O) groups excluding carboxylic acids is 1. The van der Waals surface area contributed by atoms with Crippen LogP contribution in [0, 0.1) is 5.92 Å². The van der Waals surface area contributed by atoms with E-state index in [4.69, 9.17) is 0 Å². The summed E-state index contributed by atoms with van der Waals surface area (Å²) >= 11 is 0. The molecule has 1 aliphatic rings. The summed E-state index contributed by atoms with van der Waals surface area (Å²) in [6.07, 6.45) is 2.85. The summed E-state index contributed by atoms with van der Waals surface area (Å²) in [5.74, 6) is 0.819. The molecular formula is C18H26N4O. The van der Waals surface area contributed by atoms with Crippen LogP contribution in [0.4, 0.5) is 0 Å². The number of aryl methyl sites for hydroxylation is 1. The van der Waals surface area contributed by atoms with Crippen LogP contribution in [0.25, 0.3) is 10.9 Å². The molecule has 23 heavy (non-hydrogen) atoms. The third-order valence-corrected chi connectivity index (χ3v) is 4.77. The molecule has 0 spiro atoms. The van der Waals surface area contributed by atoms with Crippen molar-refractivity contribution in [3.63, 3.8) is 0 Å². The molecule has 3 rings (SSSR count). The lowest BCUT2D eigenvalue weighted by atomic mass is 9.97. The fraction of sp³-hybridized carbons (Fsp3) is 0.556. The number of benzene rings is 1. The van der Waals surface area contributed by atoms with Crippen LogP contribution < -0.4 is 5.32 Å². The molecule has 1 amide bonds. The first kappa shape index (κ1) is 16.0. The molecule has 1 saturated heterocycles. The second kappa shape index (κ2) is 7.13. The number of nitrogens with one attached hydrogen (secondary N) is 1. The Morgan fingerprint density at radius 3 is 2.83 bits per heavy atom. The molecule has 1 aromatic heterocycles. The van der Waals surface area contributed by atoms with Crippen molar-refractivity contribution in [2.75, 3.05) is 19.6 Å². The summed E-state index contributed by atoms with van der Waals surface area (Å²) in [6, 6.07) is 8.23. The lowest BCUT2D eigenvalue weighted by Gasteiger charge is -2.29. The van der Waals surface area contributed by atoms with Crippen LogP contribution in [0.5, 0.6) is 0 Å². The highest BCUT2D eigenvalue weighted by Gasteiger charge is 2.22. The van der Waals surface area contributed by atoms with E-state index in [1.165, 1.54) is 0 Å². The number of para-hydroxylation sites is 1. The minimum absolute atomic E-state index is 0.221. The van der Waals surface area contributed by atoms with Crippen LogP contribution in [-0.4, -0.2) is 40.2 Å². The predicted molar refractivity (Wildman–Crippen MR) is 92.0 cm³/mol. The quantitative estimate of drug-likeness (QED) is 0.921. The maximum absolute atomic E-state index is 12.4. The minimum Gasteiger partial charge on any atom is -0.336 e. The zero-order chi connectivity index (χ0) is 16.2. The Kier molecular flexibility index (Phi) is 4.96. The van der Waals surface area contributed by atoms with Gasteiger partial charge in [0.2, 0.25) is 5.91 Å². The number of rotatable bonds is 5. The highest BCUT2D eigenvalue weighted by atomic mass is 16.2. The van der Waals surface area contributed by atoms with Gasteiger partial charge in [0, 0.05) is 25.4 Å². The lowest BCUT2D eigenvalue weighted by molar-refractivity contribution is -0.132. The van der Waals surface area contributed by atoms with Crippen LogP contribution in [0.2, 0.25) is 0 Å². The predicted octanol–water partition coefficient (Wildman–Crippen LogP) is 2.31. The summed E-state index contributed by atoms with van der Waals surface area (Å²) in [4.78, 5) is 14.4. The normalized spacial score (nSPS) is 15.9. The van der Waals surface area contributed by atoms with Gasteiger partial charge in [0.15, 0.2) is 0 Å². The average molecular weight is 314 g/mol. The van der Waals surface area contributed by atoms with Crippen LogP contribution in [0.3, 0.4) is 0 Å². The molecule has 0 radical (unpaired) electrons. The van der Waals surface area contributed by atoms with E-state index in [2.05, 4.69) is 22.5 Å². The van der Waals surface area contributed by atoms with Crippen molar-refractivity contribution < 1.29 is 4.79 Å². The number of piperidine rings is 1. The molecular weight excluding hydrogens is 288 g/mol. The maximum Gasteiger partial charge on any atom is 0.222 e. The van der Waals surface area contributed by atoms with Crippen molar-refractivity contribution >= 4 is 16.8 Å². The van der Waals surface area contributed by atoms with Crippen molar-refractivity contribution in [3.05, 3.63) is 30.0 Å². The maximum atomic E-state index is 12.4. The molecule has 0 unspecified atom stereocenters. The summed E-state index contributed by atoms with van der Waals surface area (Å²) in [7, 11) is 1.96. The standard InChI is InChI=1S/C18H26N4O/c1-3-18(23)22(12-14-8-10-19-11-9-14)13-16-15-6-4-5-7-17(15)21(2)20-16/h4-7,14,19H,3,8-13H2,1-2H3. The molecule has 1 fully saturated rings. The smallest absolute Gasteiger partial charge is 0.222 e. The SMILES string of the molecule is CCC(=O)N(Cc1nn(C)c2ccccc12)CC1CCNCC1. The van der Waals surface area contributed by atoms with Gasteiger partial charge < -0.3 is 10.2 Å². The second-order valence-corrected chi connectivity index (χ2v) is 6.41. The van der Waals surface area contributed by atoms with Crippen molar-refractivity contribution in [2.24, 2.45) is 13.0 Å². The Hall–Kier alpha value is -1.88. The van der Waals surface area contributed by atoms with Gasteiger partial charge in [-0.1, -0.05) is 25.1 Å². The van der Waals surface area contributed by atoms with Crippen molar-refractivity contribution in [1.29, 1.82) is 0 Å². The first-order valence-electron chi connectivity index (χ1n) is 8.58. The Balaban J connectivity index is 1.80. The molecule has 5 nitrogen and oxygen atoms in total. The highest BCUT2D eigenvalue weighted by Crippen LogP contribution is 2.21. The highest BCUT2D eigenvalue weighted by molar-refractivity contribution is 5.82. The van der Waals surface area contributed by atoms with E-state index in [9.17, 15) is 4.79 Å². The van der Waals surface area contributed by atoms with Crippen molar-refractivity contribution in [2.45, 2.75) is 32.7 Å². The van der Waals surface area contributed by atoms with E-state index in [1.807, 2.05) is 35.7 Å². The Morgan fingerprint density at radius 2 is 2.09 bits per heavy atom. The van der Waals surface area contributed by atoms with Gasteiger partial charge in [-0.25, -0.2) is 0 Å². The van der Waals surface area contributed by atoms with Crippen LogP contribution >= 0.6 is 0 Å². The third-order valence-electron chi connectivity index (χ3n) is 4.77. The number of carbonyl (C=O) groups is 1. The van der Waals surface area contributed by atoms with Gasteiger partial charge in [-0.3, -0.25) is 9.48 Å². The molecule has 1 N–H and O–H groups in total.